The van der Waals surface area contributed by atoms with E-state index < -0.39 is 10.0 Å². The average molecular weight is 465 g/mol. The number of nitrogens with one attached hydrogen (secondary N) is 1. The molecule has 0 saturated carbocycles. The van der Waals surface area contributed by atoms with Crippen molar-refractivity contribution in [3.63, 3.8) is 0 Å². The van der Waals surface area contributed by atoms with E-state index in [1.807, 2.05) is 32.0 Å². The summed E-state index contributed by atoms with van der Waals surface area (Å²) in [5.41, 5.74) is 3.69. The van der Waals surface area contributed by atoms with Crippen LogP contribution < -0.4 is 9.46 Å². The second-order valence-electron chi connectivity index (χ2n) is 8.03. The number of aromatic nitrogens is 2. The number of hydrogen-bond donors (Lipinski definition) is 1. The maximum atomic E-state index is 12.0. The van der Waals surface area contributed by atoms with Crippen molar-refractivity contribution in [2.75, 3.05) is 0 Å². The van der Waals surface area contributed by atoms with Gasteiger partial charge >= 0.3 is 0 Å². The maximum absolute atomic E-state index is 12.0. The van der Waals surface area contributed by atoms with E-state index >= 15 is 0 Å². The summed E-state index contributed by atoms with van der Waals surface area (Å²) in [5, 5.41) is 5.09. The van der Waals surface area contributed by atoms with E-state index in [0.717, 1.165) is 34.9 Å². The zero-order valence-electron chi connectivity index (χ0n) is 18.4. The molecule has 4 rings (SSSR count). The van der Waals surface area contributed by atoms with Gasteiger partial charge in [0, 0.05) is 22.6 Å². The zero-order chi connectivity index (χ0) is 23.6. The fourth-order valence-electron chi connectivity index (χ4n) is 3.97. The van der Waals surface area contributed by atoms with Crippen LogP contribution in [0.4, 0.5) is 5.69 Å². The highest BCUT2D eigenvalue weighted by Crippen LogP contribution is 2.37. The van der Waals surface area contributed by atoms with Gasteiger partial charge in [-0.3, -0.25) is 0 Å². The molecular formula is C24H24N4O4S. The van der Waals surface area contributed by atoms with Gasteiger partial charge < -0.3 is 9.26 Å². The lowest BCUT2D eigenvalue weighted by Gasteiger charge is -2.27. The second kappa shape index (κ2) is 9.17. The largest absolute Gasteiger partial charge is 0.502 e. The predicted octanol–water partition coefficient (Wildman–Crippen LogP) is 5.18. The summed E-state index contributed by atoms with van der Waals surface area (Å²) in [6, 6.07) is 10.5. The summed E-state index contributed by atoms with van der Waals surface area (Å²) in [4.78, 5) is 8.11. The van der Waals surface area contributed by atoms with Crippen LogP contribution in [0.25, 0.3) is 27.7 Å². The van der Waals surface area contributed by atoms with Gasteiger partial charge in [-0.25, -0.2) is 18.0 Å². The van der Waals surface area contributed by atoms with Gasteiger partial charge in [-0.05, 0) is 62.4 Å². The van der Waals surface area contributed by atoms with Crippen molar-refractivity contribution in [2.24, 2.45) is 0 Å². The Kier molecular flexibility index (Phi) is 6.31. The summed E-state index contributed by atoms with van der Waals surface area (Å²) in [6.45, 7) is 14.6. The maximum Gasteiger partial charge on any atom is 0.256 e. The molecule has 1 heterocycles. The quantitative estimate of drug-likeness (QED) is 0.484. The van der Waals surface area contributed by atoms with Gasteiger partial charge in [0.2, 0.25) is 21.5 Å². The van der Waals surface area contributed by atoms with Crippen molar-refractivity contribution in [3.05, 3.63) is 70.9 Å². The van der Waals surface area contributed by atoms with Crippen molar-refractivity contribution >= 4 is 15.7 Å². The minimum atomic E-state index is -3.56. The first-order valence-electron chi connectivity index (χ1n) is 10.6. The molecule has 0 aliphatic heterocycles. The number of nitrogens with zero attached hydrogens (tertiary/aromatic N) is 3. The molecule has 0 radical (unpaired) electrons. The van der Waals surface area contributed by atoms with Gasteiger partial charge in [0.1, 0.15) is 5.75 Å². The highest BCUT2D eigenvalue weighted by atomic mass is 32.2. The molecule has 2 aromatic carbocycles. The molecule has 170 valence electrons. The smallest absolute Gasteiger partial charge is 0.256 e. The van der Waals surface area contributed by atoms with Gasteiger partial charge in [-0.2, -0.15) is 4.98 Å². The monoisotopic (exact) mass is 464 g/mol. The molecule has 1 N–H and O–H groups in total. The van der Waals surface area contributed by atoms with Crippen molar-refractivity contribution < 1.29 is 17.7 Å². The summed E-state index contributed by atoms with van der Waals surface area (Å²) in [6.07, 6.45) is 2.26. The standard InChI is InChI=1S/C24H24N4O4S/c1-5-33(29,30)28-20-11-7-8-17-18(20)9-6-10-19(17)23-26-24(32-27-23)16-12-13-22(31-15(2)3)21(14-16)25-4/h5-6,9-10,12-15,20,28H,1,7-8,11H2,2-3H3/t20-/m1/s1. The lowest BCUT2D eigenvalue weighted by atomic mass is 9.85. The minimum absolute atomic E-state index is 0.0459. The Hall–Kier alpha value is -3.48. The molecule has 3 aromatic rings. The fourth-order valence-corrected chi connectivity index (χ4v) is 4.71. The molecule has 0 amide bonds. The van der Waals surface area contributed by atoms with Crippen LogP contribution in [0.2, 0.25) is 0 Å². The van der Waals surface area contributed by atoms with E-state index in [9.17, 15) is 8.42 Å². The first-order valence-corrected chi connectivity index (χ1v) is 12.1. The van der Waals surface area contributed by atoms with Crippen molar-refractivity contribution in [3.8, 4) is 28.6 Å². The van der Waals surface area contributed by atoms with Crippen LogP contribution in [0.5, 0.6) is 5.75 Å². The Balaban J connectivity index is 1.68. The van der Waals surface area contributed by atoms with Crippen molar-refractivity contribution in [1.82, 2.24) is 14.9 Å². The molecule has 1 atom stereocenters. The topological polar surface area (TPSA) is 98.7 Å². The second-order valence-corrected chi connectivity index (χ2v) is 9.69. The van der Waals surface area contributed by atoms with E-state index in [1.54, 1.807) is 18.2 Å². The molecule has 0 spiro atoms. The molecule has 0 saturated heterocycles. The molecule has 0 fully saturated rings. The summed E-state index contributed by atoms with van der Waals surface area (Å²) in [5.74, 6) is 1.22. The molecule has 1 aliphatic rings. The normalized spacial score (nSPS) is 15.6. The van der Waals surface area contributed by atoms with Gasteiger partial charge in [0.15, 0.2) is 0 Å². The number of fused-ring (bicyclic) bond motifs is 1. The average Bonchev–Trinajstić information content (AvgIpc) is 3.29. The summed E-state index contributed by atoms with van der Waals surface area (Å²) in [7, 11) is -3.56. The van der Waals surface area contributed by atoms with Gasteiger partial charge in [-0.1, -0.05) is 29.9 Å². The Morgan fingerprint density at radius 2 is 2.15 bits per heavy atom. The number of ether oxygens (including phenoxy) is 1. The van der Waals surface area contributed by atoms with Crippen LogP contribution in [0.15, 0.2) is 52.9 Å². The molecule has 1 aromatic heterocycles. The van der Waals surface area contributed by atoms with E-state index in [-0.39, 0.29) is 12.1 Å². The molecular weight excluding hydrogens is 440 g/mol. The molecule has 0 bridgehead atoms. The number of rotatable bonds is 7. The number of sulfonamides is 1. The molecule has 9 heteroatoms. The number of benzene rings is 2. The zero-order valence-corrected chi connectivity index (χ0v) is 19.2. The lowest BCUT2D eigenvalue weighted by Crippen LogP contribution is -2.29. The predicted molar refractivity (Wildman–Crippen MR) is 125 cm³/mol. The lowest BCUT2D eigenvalue weighted by molar-refractivity contribution is 0.244. The number of hydrogen-bond acceptors (Lipinski definition) is 6. The molecule has 1 aliphatic carbocycles. The summed E-state index contributed by atoms with van der Waals surface area (Å²) >= 11 is 0. The summed E-state index contributed by atoms with van der Waals surface area (Å²) < 4.78 is 37.9. The van der Waals surface area contributed by atoms with Crippen LogP contribution >= 0.6 is 0 Å². The highest BCUT2D eigenvalue weighted by molar-refractivity contribution is 7.92. The molecule has 8 nitrogen and oxygen atoms in total. The fraction of sp³-hybridized carbons (Fsp3) is 0.292. The Labute approximate surface area is 193 Å². The highest BCUT2D eigenvalue weighted by Gasteiger charge is 2.26. The van der Waals surface area contributed by atoms with Crippen LogP contribution in [0.3, 0.4) is 0 Å². The van der Waals surface area contributed by atoms with E-state index in [1.165, 1.54) is 0 Å². The minimum Gasteiger partial charge on any atom is -0.502 e. The molecule has 33 heavy (non-hydrogen) atoms. The van der Waals surface area contributed by atoms with Crippen molar-refractivity contribution in [2.45, 2.75) is 45.3 Å². The van der Waals surface area contributed by atoms with Crippen molar-refractivity contribution in [1.29, 1.82) is 0 Å². The van der Waals surface area contributed by atoms with Gasteiger partial charge in [0.25, 0.3) is 5.89 Å². The van der Waals surface area contributed by atoms with E-state index in [0.29, 0.717) is 35.1 Å². The Bertz CT molecular complexity index is 1340. The van der Waals surface area contributed by atoms with Gasteiger partial charge in [0.05, 0.1) is 12.7 Å². The third-order valence-electron chi connectivity index (χ3n) is 5.39. The van der Waals surface area contributed by atoms with E-state index in [2.05, 4.69) is 26.3 Å². The first kappa shape index (κ1) is 22.7. The van der Waals surface area contributed by atoms with Crippen LogP contribution in [-0.2, 0) is 16.4 Å². The molecule has 0 unspecified atom stereocenters. The Morgan fingerprint density at radius 1 is 1.33 bits per heavy atom. The van der Waals surface area contributed by atoms with E-state index in [4.69, 9.17) is 15.8 Å². The van der Waals surface area contributed by atoms with Crippen LogP contribution in [0.1, 0.15) is 43.9 Å². The third-order valence-corrected chi connectivity index (χ3v) is 6.44. The Morgan fingerprint density at radius 3 is 2.88 bits per heavy atom. The van der Waals surface area contributed by atoms with Crippen LogP contribution in [-0.4, -0.2) is 24.7 Å². The third kappa shape index (κ3) is 4.82. The SMILES string of the molecule is [C-]#[N+]c1cc(-c2nc(-c3cccc4c3CCC[C@H]4NS(=O)(=O)C=C)no2)ccc1OC(C)C. The van der Waals surface area contributed by atoms with Gasteiger partial charge in [-0.15, -0.1) is 0 Å². The first-order chi connectivity index (χ1) is 15.8. The van der Waals surface area contributed by atoms with Crippen LogP contribution in [0, 0.1) is 6.57 Å².